The second-order valence-electron chi connectivity index (χ2n) is 4.04. The first-order valence-electron chi connectivity index (χ1n) is 5.74. The number of carboxylic acids is 1. The van der Waals surface area contributed by atoms with Crippen LogP contribution in [-0.4, -0.2) is 50.6 Å². The number of nitrogens with one attached hydrogen (secondary N) is 1. The highest BCUT2D eigenvalue weighted by molar-refractivity contribution is 5.88. The van der Waals surface area contributed by atoms with Gasteiger partial charge in [-0.1, -0.05) is 0 Å². The van der Waals surface area contributed by atoms with E-state index in [1.165, 1.54) is 13.4 Å². The van der Waals surface area contributed by atoms with Crippen LogP contribution in [0.5, 0.6) is 0 Å². The lowest BCUT2D eigenvalue weighted by atomic mass is 10.2. The van der Waals surface area contributed by atoms with Crippen LogP contribution >= 0.6 is 0 Å². The molecule has 0 aliphatic heterocycles. The fourth-order valence-electron chi connectivity index (χ4n) is 1.74. The second kappa shape index (κ2) is 5.61. The summed E-state index contributed by atoms with van der Waals surface area (Å²) >= 11 is 0. The molecule has 2 heterocycles. The zero-order valence-electron chi connectivity index (χ0n) is 10.7. The molecule has 2 rings (SSSR count). The molecule has 0 spiro atoms. The summed E-state index contributed by atoms with van der Waals surface area (Å²) < 4.78 is 6.50. The number of carbonyl (C=O) groups is 1. The SMILES string of the molecule is COCCC(Nc1ncnc2c1cnn2C)C(=O)O. The Morgan fingerprint density at radius 2 is 2.37 bits per heavy atom. The Kier molecular flexibility index (Phi) is 3.91. The van der Waals surface area contributed by atoms with Crippen molar-refractivity contribution in [2.45, 2.75) is 12.5 Å². The molecule has 0 aliphatic carbocycles. The number of ether oxygens (including phenoxy) is 1. The van der Waals surface area contributed by atoms with E-state index < -0.39 is 12.0 Å². The van der Waals surface area contributed by atoms with Crippen LogP contribution in [0.1, 0.15) is 6.42 Å². The van der Waals surface area contributed by atoms with Crippen LogP contribution in [0.3, 0.4) is 0 Å². The van der Waals surface area contributed by atoms with Crippen molar-refractivity contribution >= 4 is 22.8 Å². The van der Waals surface area contributed by atoms with Gasteiger partial charge in [0.15, 0.2) is 5.65 Å². The molecule has 0 amide bonds. The van der Waals surface area contributed by atoms with Crippen LogP contribution in [0.4, 0.5) is 5.82 Å². The van der Waals surface area contributed by atoms with Gasteiger partial charge in [0.05, 0.1) is 11.6 Å². The summed E-state index contributed by atoms with van der Waals surface area (Å²) in [6.45, 7) is 0.352. The standard InChI is InChI=1S/C11H15N5O3/c1-16-10-7(5-14-16)9(12-6-13-10)15-8(11(17)18)3-4-19-2/h5-6,8H,3-4H2,1-2H3,(H,17,18)(H,12,13,15). The first kappa shape index (κ1) is 13.2. The monoisotopic (exact) mass is 265 g/mol. The zero-order chi connectivity index (χ0) is 13.8. The Hall–Kier alpha value is -2.22. The van der Waals surface area contributed by atoms with Gasteiger partial charge in [-0.15, -0.1) is 0 Å². The minimum Gasteiger partial charge on any atom is -0.480 e. The van der Waals surface area contributed by atoms with E-state index in [2.05, 4.69) is 20.4 Å². The number of anilines is 1. The van der Waals surface area contributed by atoms with Gasteiger partial charge >= 0.3 is 5.97 Å². The predicted molar refractivity (Wildman–Crippen MR) is 67.8 cm³/mol. The van der Waals surface area contributed by atoms with Crippen molar-refractivity contribution in [3.05, 3.63) is 12.5 Å². The summed E-state index contributed by atoms with van der Waals surface area (Å²) in [7, 11) is 3.29. The molecule has 2 N–H and O–H groups in total. The van der Waals surface area contributed by atoms with E-state index in [9.17, 15) is 4.79 Å². The first-order chi connectivity index (χ1) is 9.13. The number of aliphatic carboxylic acids is 1. The number of hydrogen-bond acceptors (Lipinski definition) is 6. The fourth-order valence-corrected chi connectivity index (χ4v) is 1.74. The average Bonchev–Trinajstić information content (AvgIpc) is 2.77. The van der Waals surface area contributed by atoms with Crippen LogP contribution < -0.4 is 5.32 Å². The van der Waals surface area contributed by atoms with Gasteiger partial charge < -0.3 is 15.2 Å². The van der Waals surface area contributed by atoms with E-state index in [1.807, 2.05) is 0 Å². The van der Waals surface area contributed by atoms with Crippen molar-refractivity contribution in [1.82, 2.24) is 19.7 Å². The molecule has 8 heteroatoms. The normalized spacial score (nSPS) is 12.5. The highest BCUT2D eigenvalue weighted by atomic mass is 16.5. The molecular weight excluding hydrogens is 250 g/mol. The summed E-state index contributed by atoms with van der Waals surface area (Å²) in [6, 6.07) is -0.766. The molecule has 0 fully saturated rings. The van der Waals surface area contributed by atoms with E-state index in [1.54, 1.807) is 17.9 Å². The Balaban J connectivity index is 2.26. The predicted octanol–water partition coefficient (Wildman–Crippen LogP) is 0.265. The molecule has 1 atom stereocenters. The van der Waals surface area contributed by atoms with Gasteiger partial charge in [-0.3, -0.25) is 4.68 Å². The zero-order valence-corrected chi connectivity index (χ0v) is 10.7. The van der Waals surface area contributed by atoms with E-state index in [-0.39, 0.29) is 0 Å². The first-order valence-corrected chi connectivity index (χ1v) is 5.74. The van der Waals surface area contributed by atoms with Crippen molar-refractivity contribution in [2.24, 2.45) is 7.05 Å². The smallest absolute Gasteiger partial charge is 0.326 e. The van der Waals surface area contributed by atoms with E-state index in [0.717, 1.165) is 0 Å². The Bertz CT molecular complexity index is 583. The summed E-state index contributed by atoms with van der Waals surface area (Å²) in [4.78, 5) is 19.3. The van der Waals surface area contributed by atoms with Crippen LogP contribution in [0, 0.1) is 0 Å². The van der Waals surface area contributed by atoms with Crippen LogP contribution in [0.2, 0.25) is 0 Å². The van der Waals surface area contributed by atoms with Gasteiger partial charge in [0.2, 0.25) is 0 Å². The lowest BCUT2D eigenvalue weighted by Gasteiger charge is -2.14. The van der Waals surface area contributed by atoms with Crippen molar-refractivity contribution in [2.75, 3.05) is 19.0 Å². The number of aryl methyl sites for hydroxylation is 1. The maximum absolute atomic E-state index is 11.2. The summed E-state index contributed by atoms with van der Waals surface area (Å²) in [6.07, 6.45) is 3.33. The highest BCUT2D eigenvalue weighted by Gasteiger charge is 2.19. The molecular formula is C11H15N5O3. The number of hydrogen-bond donors (Lipinski definition) is 2. The minimum atomic E-state index is -0.951. The van der Waals surface area contributed by atoms with Crippen LogP contribution in [0.25, 0.3) is 11.0 Å². The molecule has 102 valence electrons. The third-order valence-electron chi connectivity index (χ3n) is 2.75. The third kappa shape index (κ3) is 2.79. The van der Waals surface area contributed by atoms with Gasteiger partial charge in [-0.05, 0) is 0 Å². The topological polar surface area (TPSA) is 102 Å². The largest absolute Gasteiger partial charge is 0.480 e. The second-order valence-corrected chi connectivity index (χ2v) is 4.04. The van der Waals surface area contributed by atoms with Crippen molar-refractivity contribution in [3.63, 3.8) is 0 Å². The summed E-state index contributed by atoms with van der Waals surface area (Å²) in [5.74, 6) is -0.491. The Morgan fingerprint density at radius 3 is 3.05 bits per heavy atom. The van der Waals surface area contributed by atoms with E-state index in [4.69, 9.17) is 9.84 Å². The summed E-state index contributed by atoms with van der Waals surface area (Å²) in [5.41, 5.74) is 0.647. The number of nitrogens with zero attached hydrogens (tertiary/aromatic N) is 4. The average molecular weight is 265 g/mol. The molecule has 0 aromatic carbocycles. The van der Waals surface area contributed by atoms with Crippen molar-refractivity contribution in [3.8, 4) is 0 Å². The maximum Gasteiger partial charge on any atom is 0.326 e. The number of rotatable bonds is 6. The fraction of sp³-hybridized carbons (Fsp3) is 0.455. The maximum atomic E-state index is 11.2. The number of fused-ring (bicyclic) bond motifs is 1. The molecule has 1 unspecified atom stereocenters. The number of methoxy groups -OCH3 is 1. The van der Waals surface area contributed by atoms with Gasteiger partial charge in [-0.2, -0.15) is 5.10 Å². The van der Waals surface area contributed by atoms with Crippen LogP contribution in [-0.2, 0) is 16.6 Å². The minimum absolute atomic E-state index is 0.345. The molecule has 19 heavy (non-hydrogen) atoms. The van der Waals surface area contributed by atoms with Crippen LogP contribution in [0.15, 0.2) is 12.5 Å². The van der Waals surface area contributed by atoms with Crippen molar-refractivity contribution < 1.29 is 14.6 Å². The Labute approximate surface area is 109 Å². The third-order valence-corrected chi connectivity index (χ3v) is 2.75. The molecule has 0 radical (unpaired) electrons. The number of aromatic nitrogens is 4. The Morgan fingerprint density at radius 1 is 1.58 bits per heavy atom. The molecule has 0 saturated carbocycles. The molecule has 0 saturated heterocycles. The lowest BCUT2D eigenvalue weighted by molar-refractivity contribution is -0.138. The van der Waals surface area contributed by atoms with E-state index in [0.29, 0.717) is 29.9 Å². The quantitative estimate of drug-likeness (QED) is 0.772. The lowest BCUT2D eigenvalue weighted by Crippen LogP contribution is -2.31. The number of carboxylic acid groups (broad SMARTS) is 1. The molecule has 0 aliphatic rings. The van der Waals surface area contributed by atoms with Gasteiger partial charge in [0.25, 0.3) is 0 Å². The molecule has 2 aromatic heterocycles. The van der Waals surface area contributed by atoms with E-state index >= 15 is 0 Å². The van der Waals surface area contributed by atoms with Crippen molar-refractivity contribution in [1.29, 1.82) is 0 Å². The molecule has 8 nitrogen and oxygen atoms in total. The molecule has 2 aromatic rings. The summed E-state index contributed by atoms with van der Waals surface area (Å²) in [5, 5.41) is 16.8. The van der Waals surface area contributed by atoms with Gasteiger partial charge in [-0.25, -0.2) is 14.8 Å². The highest BCUT2D eigenvalue weighted by Crippen LogP contribution is 2.19. The van der Waals surface area contributed by atoms with Gasteiger partial charge in [0.1, 0.15) is 18.2 Å². The van der Waals surface area contributed by atoms with Gasteiger partial charge in [0, 0.05) is 27.2 Å². The molecule has 0 bridgehead atoms.